The second kappa shape index (κ2) is 14.0. The highest BCUT2D eigenvalue weighted by molar-refractivity contribution is 8.01. The van der Waals surface area contributed by atoms with Gasteiger partial charge in [0.2, 0.25) is 0 Å². The standard InChI is InChI=1S/C31H30N8O5S3/c1-17-35-36-31(38(17)2)47-15-20-14-45-28-23(34-26(40)22(37-43-3)21-16-46-30(32)33-21)27(41)39(28)24(20)29(42)44-25(18-10-6-4-7-11-18)19-12-8-5-9-13-19/h4-13,16,23,25,28H,14-15H2,1-3H3,(H2,32,33)(H,34,40)/b37-22+/t23-,28?/m1/s1. The number of rotatable bonds is 11. The minimum atomic E-state index is -0.928. The van der Waals surface area contributed by atoms with Crippen LogP contribution in [0.15, 0.2) is 87.6 Å². The highest BCUT2D eigenvalue weighted by atomic mass is 32.2. The predicted octanol–water partition coefficient (Wildman–Crippen LogP) is 3.29. The maximum absolute atomic E-state index is 14.2. The topological polar surface area (TPSA) is 167 Å². The molecule has 0 aliphatic carbocycles. The van der Waals surface area contributed by atoms with Gasteiger partial charge in [0.05, 0.1) is 0 Å². The Morgan fingerprint density at radius 1 is 1.13 bits per heavy atom. The average molecular weight is 691 g/mol. The van der Waals surface area contributed by atoms with E-state index in [9.17, 15) is 14.4 Å². The first-order valence-electron chi connectivity index (χ1n) is 14.4. The molecule has 2 aromatic carbocycles. The number of nitrogen functional groups attached to an aromatic ring is 1. The van der Waals surface area contributed by atoms with Crippen LogP contribution in [0.4, 0.5) is 5.13 Å². The predicted molar refractivity (Wildman–Crippen MR) is 179 cm³/mol. The largest absolute Gasteiger partial charge is 0.448 e. The van der Waals surface area contributed by atoms with Gasteiger partial charge in [-0.05, 0) is 23.6 Å². The van der Waals surface area contributed by atoms with E-state index in [0.29, 0.717) is 22.2 Å². The Morgan fingerprint density at radius 3 is 2.38 bits per heavy atom. The molecule has 0 spiro atoms. The molecule has 2 aliphatic heterocycles. The molecule has 6 rings (SSSR count). The first-order valence-corrected chi connectivity index (χ1v) is 17.3. The lowest BCUT2D eigenvalue weighted by molar-refractivity contribution is -0.154. The molecule has 1 saturated heterocycles. The van der Waals surface area contributed by atoms with Crippen molar-refractivity contribution in [3.05, 3.63) is 100.0 Å². The van der Waals surface area contributed by atoms with Gasteiger partial charge < -0.3 is 25.2 Å². The Hall–Kier alpha value is -4.67. The lowest BCUT2D eigenvalue weighted by atomic mass is 10.0. The fraction of sp³-hybridized carbons (Fsp3) is 0.258. The van der Waals surface area contributed by atoms with Gasteiger partial charge >= 0.3 is 5.97 Å². The average Bonchev–Trinajstić information content (AvgIpc) is 3.67. The quantitative estimate of drug-likeness (QED) is 0.0780. The summed E-state index contributed by atoms with van der Waals surface area (Å²) in [6.45, 7) is 1.85. The smallest absolute Gasteiger partial charge is 0.356 e. The number of thiazole rings is 1. The number of amides is 2. The molecule has 2 amide bonds. The van der Waals surface area contributed by atoms with E-state index in [0.717, 1.165) is 28.3 Å². The minimum Gasteiger partial charge on any atom is -0.448 e. The highest BCUT2D eigenvalue weighted by Gasteiger charge is 2.55. The van der Waals surface area contributed by atoms with E-state index in [1.807, 2.05) is 79.2 Å². The van der Waals surface area contributed by atoms with E-state index in [4.69, 9.17) is 15.3 Å². The van der Waals surface area contributed by atoms with E-state index in [-0.39, 0.29) is 22.2 Å². The minimum absolute atomic E-state index is 0.118. The number of aromatic nitrogens is 4. The van der Waals surface area contributed by atoms with Crippen LogP contribution in [0.3, 0.4) is 0 Å². The summed E-state index contributed by atoms with van der Waals surface area (Å²) in [5.41, 5.74) is 8.29. The van der Waals surface area contributed by atoms with Crippen molar-refractivity contribution in [2.45, 2.75) is 29.6 Å². The first kappa shape index (κ1) is 32.3. The van der Waals surface area contributed by atoms with Crippen molar-refractivity contribution in [3.8, 4) is 0 Å². The number of hydrogen-bond acceptors (Lipinski definition) is 13. The van der Waals surface area contributed by atoms with Crippen LogP contribution < -0.4 is 11.1 Å². The van der Waals surface area contributed by atoms with Crippen LogP contribution in [0.2, 0.25) is 0 Å². The molecule has 4 aromatic rings. The molecule has 2 atom stereocenters. The molecule has 0 saturated carbocycles. The zero-order chi connectivity index (χ0) is 33.1. The summed E-state index contributed by atoms with van der Waals surface area (Å²) < 4.78 is 8.09. The first-order chi connectivity index (χ1) is 22.8. The van der Waals surface area contributed by atoms with E-state index < -0.39 is 35.3 Å². The van der Waals surface area contributed by atoms with Gasteiger partial charge in [-0.1, -0.05) is 77.6 Å². The second-order valence-corrected chi connectivity index (χ2v) is 13.4. The number of nitrogens with two attached hydrogens (primary N) is 1. The molecule has 2 aromatic heterocycles. The van der Waals surface area contributed by atoms with Crippen molar-refractivity contribution in [1.29, 1.82) is 0 Å². The number of thioether (sulfide) groups is 2. The summed E-state index contributed by atoms with van der Waals surface area (Å²) in [7, 11) is 3.17. The number of hydrogen-bond donors (Lipinski definition) is 2. The van der Waals surface area contributed by atoms with Crippen LogP contribution >= 0.6 is 34.9 Å². The second-order valence-electron chi connectivity index (χ2n) is 10.5. The maximum Gasteiger partial charge on any atom is 0.356 e. The Labute approximate surface area is 282 Å². The van der Waals surface area contributed by atoms with Crippen molar-refractivity contribution in [2.24, 2.45) is 12.2 Å². The zero-order valence-corrected chi connectivity index (χ0v) is 28.0. The van der Waals surface area contributed by atoms with Gasteiger partial charge in [0.1, 0.15) is 35.7 Å². The van der Waals surface area contributed by atoms with E-state index in [2.05, 4.69) is 25.7 Å². The molecular weight excluding hydrogens is 661 g/mol. The van der Waals surface area contributed by atoms with E-state index in [1.54, 1.807) is 5.38 Å². The SMILES string of the molecule is CO/N=C(/C(=O)N[C@@H]1C(=O)N2C(C(=O)OC(c3ccccc3)c3ccccc3)=C(CSc3nnc(C)n3C)CSC12)c1csc(N)n1. The fourth-order valence-corrected chi connectivity index (χ4v) is 8.09. The molecule has 1 unspecified atom stereocenters. The molecule has 3 N–H and O–H groups in total. The summed E-state index contributed by atoms with van der Waals surface area (Å²) in [6.07, 6.45) is -0.717. The molecule has 16 heteroatoms. The number of carbonyl (C=O) groups is 3. The number of fused-ring (bicyclic) bond motifs is 1. The number of nitrogens with zero attached hydrogens (tertiary/aromatic N) is 6. The Balaban J connectivity index is 1.29. The van der Waals surface area contributed by atoms with Crippen LogP contribution in [-0.4, -0.2) is 78.2 Å². The number of aryl methyl sites for hydroxylation is 1. The highest BCUT2D eigenvalue weighted by Crippen LogP contribution is 2.43. The Bertz CT molecular complexity index is 1820. The normalized spacial score (nSPS) is 17.7. The van der Waals surface area contributed by atoms with Crippen LogP contribution in [0.1, 0.15) is 28.7 Å². The van der Waals surface area contributed by atoms with E-state index in [1.165, 1.54) is 35.5 Å². The van der Waals surface area contributed by atoms with Gasteiger partial charge in [0.15, 0.2) is 22.1 Å². The number of oxime groups is 1. The lowest BCUT2D eigenvalue weighted by Crippen LogP contribution is -2.71. The zero-order valence-electron chi connectivity index (χ0n) is 25.5. The van der Waals surface area contributed by atoms with Crippen molar-refractivity contribution >= 4 is 63.5 Å². The molecule has 2 aliphatic rings. The molecular formula is C31H30N8O5S3. The van der Waals surface area contributed by atoms with Crippen molar-refractivity contribution in [2.75, 3.05) is 24.3 Å². The fourth-order valence-electron chi connectivity index (χ4n) is 5.10. The summed E-state index contributed by atoms with van der Waals surface area (Å²) in [4.78, 5) is 51.7. The number of esters is 1. The van der Waals surface area contributed by atoms with Gasteiger partial charge in [-0.25, -0.2) is 9.78 Å². The van der Waals surface area contributed by atoms with Crippen LogP contribution in [0, 0.1) is 6.92 Å². The van der Waals surface area contributed by atoms with Gasteiger partial charge in [0.25, 0.3) is 11.8 Å². The number of β-lactam (4-membered cyclic amide) rings is 1. The molecule has 13 nitrogen and oxygen atoms in total. The van der Waals surface area contributed by atoms with Crippen molar-refractivity contribution in [3.63, 3.8) is 0 Å². The molecule has 1 fully saturated rings. The lowest BCUT2D eigenvalue weighted by Gasteiger charge is -2.49. The van der Waals surface area contributed by atoms with Gasteiger partial charge in [-0.15, -0.1) is 33.3 Å². The van der Waals surface area contributed by atoms with Gasteiger partial charge in [0, 0.05) is 23.9 Å². The number of nitrogens with one attached hydrogen (secondary N) is 1. The molecule has 0 bridgehead atoms. The number of benzene rings is 2. The summed E-state index contributed by atoms with van der Waals surface area (Å²) >= 11 is 4.00. The number of anilines is 1. The third-order valence-electron chi connectivity index (χ3n) is 7.55. The summed E-state index contributed by atoms with van der Waals surface area (Å²) in [5, 5.41) is 16.9. The number of ether oxygens (including phenoxy) is 1. The molecule has 47 heavy (non-hydrogen) atoms. The third kappa shape index (κ3) is 6.61. The summed E-state index contributed by atoms with van der Waals surface area (Å²) in [6, 6.07) is 17.9. The van der Waals surface area contributed by atoms with Gasteiger partial charge in [-0.3, -0.25) is 14.5 Å². The monoisotopic (exact) mass is 690 g/mol. The van der Waals surface area contributed by atoms with Crippen LogP contribution in [0.5, 0.6) is 0 Å². The number of carbonyl (C=O) groups excluding carboxylic acids is 3. The Morgan fingerprint density at radius 2 is 1.81 bits per heavy atom. The maximum atomic E-state index is 14.2. The van der Waals surface area contributed by atoms with Crippen molar-refractivity contribution in [1.82, 2.24) is 30.0 Å². The molecule has 242 valence electrons. The van der Waals surface area contributed by atoms with Crippen molar-refractivity contribution < 1.29 is 24.0 Å². The Kier molecular flexibility index (Phi) is 9.60. The van der Waals surface area contributed by atoms with Crippen LogP contribution in [-0.2, 0) is 31.0 Å². The van der Waals surface area contributed by atoms with Crippen LogP contribution in [0.25, 0.3) is 0 Å². The summed E-state index contributed by atoms with van der Waals surface area (Å²) in [5.74, 6) is -0.218. The van der Waals surface area contributed by atoms with E-state index >= 15 is 0 Å². The molecule has 0 radical (unpaired) electrons. The molecule has 4 heterocycles. The third-order valence-corrected chi connectivity index (χ3v) is 10.7. The van der Waals surface area contributed by atoms with Gasteiger partial charge in [-0.2, -0.15) is 0 Å².